The number of hydrogen-bond donors (Lipinski definition) is 3. The highest BCUT2D eigenvalue weighted by Crippen LogP contribution is 2.23. The lowest BCUT2D eigenvalue weighted by Crippen LogP contribution is -2.55. The first kappa shape index (κ1) is 13.7. The van der Waals surface area contributed by atoms with E-state index in [1.807, 2.05) is 4.90 Å². The third-order valence-corrected chi connectivity index (χ3v) is 3.23. The van der Waals surface area contributed by atoms with E-state index < -0.39 is 5.60 Å². The Morgan fingerprint density at radius 3 is 3.11 bits per heavy atom. The van der Waals surface area contributed by atoms with Gasteiger partial charge in [-0.2, -0.15) is 0 Å². The van der Waals surface area contributed by atoms with E-state index in [4.69, 9.17) is 5.73 Å². The molecule has 0 bridgehead atoms. The number of amides is 1. The number of carbonyl (C=O) groups is 1. The molecule has 1 atom stereocenters. The Kier molecular flexibility index (Phi) is 4.28. The van der Waals surface area contributed by atoms with Gasteiger partial charge < -0.3 is 21.1 Å². The van der Waals surface area contributed by atoms with Crippen LogP contribution >= 0.6 is 0 Å². The van der Waals surface area contributed by atoms with Gasteiger partial charge in [0.1, 0.15) is 5.82 Å². The molecule has 1 unspecified atom stereocenters. The van der Waals surface area contributed by atoms with Gasteiger partial charge in [0, 0.05) is 32.0 Å². The number of aliphatic hydroxyl groups is 1. The normalized spacial score (nSPS) is 23.2. The number of β-amino-alcohol motifs (C(OH)–C–C–N with tert-alkyl or cyclic N) is 1. The number of nitrogens with zero attached hydrogens (tertiary/aromatic N) is 3. The van der Waals surface area contributed by atoms with Crippen molar-refractivity contribution in [3.63, 3.8) is 0 Å². The van der Waals surface area contributed by atoms with Gasteiger partial charge in [0.25, 0.3) is 0 Å². The van der Waals surface area contributed by atoms with Crippen LogP contribution in [-0.4, -0.2) is 52.8 Å². The summed E-state index contributed by atoms with van der Waals surface area (Å²) in [6, 6.07) is 0. The zero-order valence-corrected chi connectivity index (χ0v) is 10.7. The van der Waals surface area contributed by atoms with Crippen molar-refractivity contribution < 1.29 is 9.90 Å². The molecule has 104 valence electrons. The second kappa shape index (κ2) is 5.94. The minimum absolute atomic E-state index is 0.0655. The van der Waals surface area contributed by atoms with Crippen LogP contribution < -0.4 is 16.0 Å². The van der Waals surface area contributed by atoms with Crippen LogP contribution in [0.1, 0.15) is 12.8 Å². The van der Waals surface area contributed by atoms with Crippen molar-refractivity contribution in [2.45, 2.75) is 18.4 Å². The van der Waals surface area contributed by atoms with Crippen molar-refractivity contribution in [1.82, 2.24) is 15.3 Å². The van der Waals surface area contributed by atoms with Crippen molar-refractivity contribution >= 4 is 11.7 Å². The van der Waals surface area contributed by atoms with Crippen molar-refractivity contribution in [2.75, 3.05) is 31.1 Å². The first-order chi connectivity index (χ1) is 9.13. The molecular formula is C12H19N5O2. The van der Waals surface area contributed by atoms with Crippen LogP contribution in [0.15, 0.2) is 18.6 Å². The Morgan fingerprint density at radius 2 is 2.42 bits per heavy atom. The maximum atomic E-state index is 11.2. The molecule has 1 aliphatic heterocycles. The summed E-state index contributed by atoms with van der Waals surface area (Å²) >= 11 is 0. The second-order valence-corrected chi connectivity index (χ2v) is 4.79. The van der Waals surface area contributed by atoms with Gasteiger partial charge >= 0.3 is 0 Å². The molecule has 0 spiro atoms. The Morgan fingerprint density at radius 1 is 1.58 bits per heavy atom. The smallest absolute Gasteiger partial charge is 0.233 e. The molecular weight excluding hydrogens is 246 g/mol. The molecule has 1 aromatic heterocycles. The highest BCUT2D eigenvalue weighted by atomic mass is 16.3. The molecule has 7 nitrogen and oxygen atoms in total. The number of carbonyl (C=O) groups excluding carboxylic acids is 1. The molecule has 1 amide bonds. The molecule has 19 heavy (non-hydrogen) atoms. The molecule has 7 heteroatoms. The lowest BCUT2D eigenvalue weighted by Gasteiger charge is -2.39. The van der Waals surface area contributed by atoms with Gasteiger partial charge in [-0.1, -0.05) is 0 Å². The molecule has 0 saturated carbocycles. The molecule has 1 aromatic rings. The highest BCUT2D eigenvalue weighted by molar-refractivity contribution is 5.77. The maximum absolute atomic E-state index is 11.2. The minimum Gasteiger partial charge on any atom is -0.386 e. The number of piperidine rings is 1. The fourth-order valence-electron chi connectivity index (χ4n) is 2.24. The van der Waals surface area contributed by atoms with Gasteiger partial charge in [0.05, 0.1) is 18.3 Å². The Labute approximate surface area is 111 Å². The third kappa shape index (κ3) is 3.62. The number of aromatic nitrogens is 2. The van der Waals surface area contributed by atoms with Crippen LogP contribution in [0.3, 0.4) is 0 Å². The summed E-state index contributed by atoms with van der Waals surface area (Å²) in [6.45, 7) is 1.39. The monoisotopic (exact) mass is 265 g/mol. The molecule has 4 N–H and O–H groups in total. The topological polar surface area (TPSA) is 104 Å². The number of nitrogens with two attached hydrogens (primary N) is 1. The molecule has 2 rings (SSSR count). The van der Waals surface area contributed by atoms with Gasteiger partial charge in [-0.15, -0.1) is 0 Å². The zero-order chi connectivity index (χ0) is 13.7. The summed E-state index contributed by atoms with van der Waals surface area (Å²) < 4.78 is 0. The largest absolute Gasteiger partial charge is 0.386 e. The zero-order valence-electron chi connectivity index (χ0n) is 10.7. The van der Waals surface area contributed by atoms with E-state index in [1.54, 1.807) is 18.6 Å². The van der Waals surface area contributed by atoms with Gasteiger partial charge in [-0.25, -0.2) is 4.98 Å². The van der Waals surface area contributed by atoms with E-state index in [1.165, 1.54) is 0 Å². The van der Waals surface area contributed by atoms with Gasteiger partial charge in [-0.3, -0.25) is 9.78 Å². The summed E-state index contributed by atoms with van der Waals surface area (Å²) in [5, 5.41) is 13.1. The molecule has 0 aromatic carbocycles. The first-order valence-electron chi connectivity index (χ1n) is 6.33. The average Bonchev–Trinajstić information content (AvgIpc) is 2.46. The molecule has 0 aliphatic carbocycles. The van der Waals surface area contributed by atoms with Crippen molar-refractivity contribution in [1.29, 1.82) is 0 Å². The van der Waals surface area contributed by atoms with Crippen LogP contribution in [0.2, 0.25) is 0 Å². The molecule has 1 aliphatic rings. The van der Waals surface area contributed by atoms with E-state index in [-0.39, 0.29) is 19.0 Å². The van der Waals surface area contributed by atoms with Gasteiger partial charge in [0.2, 0.25) is 5.91 Å². The standard InChI is InChI=1S/C12H19N5O2/c13-6-11(18)16-8-12(19)2-1-5-17(9-12)10-7-14-3-4-15-10/h3-4,7,19H,1-2,5-6,8-9,13H2,(H,16,18). The fraction of sp³-hybridized carbons (Fsp3) is 0.583. The van der Waals surface area contributed by atoms with E-state index in [9.17, 15) is 9.90 Å². The van der Waals surface area contributed by atoms with Crippen LogP contribution in [0.4, 0.5) is 5.82 Å². The molecule has 2 heterocycles. The summed E-state index contributed by atoms with van der Waals surface area (Å²) in [4.78, 5) is 21.4. The summed E-state index contributed by atoms with van der Waals surface area (Å²) in [5.41, 5.74) is 4.28. The Hall–Kier alpha value is -1.73. The summed E-state index contributed by atoms with van der Waals surface area (Å²) in [7, 11) is 0. The summed E-state index contributed by atoms with van der Waals surface area (Å²) in [5.74, 6) is 0.482. The molecule has 1 fully saturated rings. The van der Waals surface area contributed by atoms with Gasteiger partial charge in [-0.05, 0) is 12.8 Å². The lowest BCUT2D eigenvalue weighted by molar-refractivity contribution is -0.121. The number of anilines is 1. The predicted molar refractivity (Wildman–Crippen MR) is 70.5 cm³/mol. The number of nitrogens with one attached hydrogen (secondary N) is 1. The van der Waals surface area contributed by atoms with Crippen molar-refractivity contribution in [3.8, 4) is 0 Å². The highest BCUT2D eigenvalue weighted by Gasteiger charge is 2.34. The van der Waals surface area contributed by atoms with Crippen molar-refractivity contribution in [2.24, 2.45) is 5.73 Å². The van der Waals surface area contributed by atoms with Gasteiger partial charge in [0.15, 0.2) is 0 Å². The number of hydrogen-bond acceptors (Lipinski definition) is 6. The molecule has 0 radical (unpaired) electrons. The van der Waals surface area contributed by atoms with Crippen molar-refractivity contribution in [3.05, 3.63) is 18.6 Å². The Bertz CT molecular complexity index is 427. The minimum atomic E-state index is -0.944. The SMILES string of the molecule is NCC(=O)NCC1(O)CCCN(c2cnccn2)C1. The van der Waals surface area contributed by atoms with Crippen LogP contribution in [-0.2, 0) is 4.79 Å². The fourth-order valence-corrected chi connectivity index (χ4v) is 2.24. The van der Waals surface area contributed by atoms with E-state index in [0.717, 1.165) is 18.8 Å². The van der Waals surface area contributed by atoms with E-state index in [0.29, 0.717) is 13.0 Å². The first-order valence-corrected chi connectivity index (χ1v) is 6.33. The maximum Gasteiger partial charge on any atom is 0.233 e. The lowest BCUT2D eigenvalue weighted by atomic mass is 9.92. The van der Waals surface area contributed by atoms with Crippen LogP contribution in [0, 0.1) is 0 Å². The summed E-state index contributed by atoms with van der Waals surface area (Å²) in [6.07, 6.45) is 6.39. The predicted octanol–water partition coefficient (Wildman–Crippen LogP) is -1.12. The van der Waals surface area contributed by atoms with E-state index in [2.05, 4.69) is 15.3 Å². The average molecular weight is 265 g/mol. The van der Waals surface area contributed by atoms with E-state index >= 15 is 0 Å². The quantitative estimate of drug-likeness (QED) is 0.637. The van der Waals surface area contributed by atoms with Crippen LogP contribution in [0.5, 0.6) is 0 Å². The van der Waals surface area contributed by atoms with Crippen LogP contribution in [0.25, 0.3) is 0 Å². The second-order valence-electron chi connectivity index (χ2n) is 4.79. The third-order valence-electron chi connectivity index (χ3n) is 3.23. The molecule has 1 saturated heterocycles. The number of rotatable bonds is 4. The Balaban J connectivity index is 1.98.